The average Bonchev–Trinajstić information content (AvgIpc) is 2.80. The average molecular weight is 344 g/mol. The van der Waals surface area contributed by atoms with E-state index in [1.54, 1.807) is 20.8 Å². The Morgan fingerprint density at radius 2 is 1.61 bits per heavy atom. The Morgan fingerprint density at radius 1 is 1.09 bits per heavy atom. The van der Waals surface area contributed by atoms with Crippen LogP contribution in [0.25, 0.3) is 0 Å². The lowest BCUT2D eigenvalue weighted by atomic mass is 9.73. The van der Waals surface area contributed by atoms with Gasteiger partial charge in [-0.05, 0) is 33.6 Å². The van der Waals surface area contributed by atoms with E-state index < -0.39 is 53.5 Å². The maximum Gasteiger partial charge on any atom is 0.401 e. The molecule has 0 spiro atoms. The Kier molecular flexibility index (Phi) is 4.05. The molecule has 1 saturated carbocycles. The highest BCUT2D eigenvalue weighted by molar-refractivity contribution is 5.75. The van der Waals surface area contributed by atoms with Gasteiger partial charge >= 0.3 is 18.3 Å². The summed E-state index contributed by atoms with van der Waals surface area (Å²) in [6, 6.07) is 0. The molecule has 2 nitrogen and oxygen atoms in total. The Bertz CT molecular complexity index is 500. The molecule has 0 radical (unpaired) electrons. The Hall–Kier alpha value is -1.21. The van der Waals surface area contributed by atoms with E-state index in [2.05, 4.69) is 0 Å². The molecule has 3 unspecified atom stereocenters. The molecule has 8 heteroatoms. The maximum atomic E-state index is 13.0. The Balaban J connectivity index is 2.25. The number of alkyl halides is 6. The van der Waals surface area contributed by atoms with E-state index in [-0.39, 0.29) is 6.42 Å². The molecule has 0 aromatic carbocycles. The molecule has 0 heterocycles. The molecule has 0 aromatic heterocycles. The highest BCUT2D eigenvalue weighted by atomic mass is 19.4. The summed E-state index contributed by atoms with van der Waals surface area (Å²) in [5.74, 6) is -4.68. The lowest BCUT2D eigenvalue weighted by molar-refractivity contribution is -0.309. The number of carbonyl (C=O) groups is 1. The Labute approximate surface area is 129 Å². The van der Waals surface area contributed by atoms with Crippen molar-refractivity contribution in [3.05, 3.63) is 12.2 Å². The van der Waals surface area contributed by atoms with Crippen LogP contribution in [0.4, 0.5) is 26.3 Å². The van der Waals surface area contributed by atoms with Gasteiger partial charge in [0.2, 0.25) is 0 Å². The van der Waals surface area contributed by atoms with Crippen LogP contribution in [0.3, 0.4) is 0 Å². The lowest BCUT2D eigenvalue weighted by Crippen LogP contribution is -2.47. The van der Waals surface area contributed by atoms with Gasteiger partial charge in [-0.1, -0.05) is 12.2 Å². The monoisotopic (exact) mass is 344 g/mol. The number of esters is 1. The van der Waals surface area contributed by atoms with Gasteiger partial charge in [0.15, 0.2) is 5.92 Å². The summed E-state index contributed by atoms with van der Waals surface area (Å²) in [5, 5.41) is 0. The summed E-state index contributed by atoms with van der Waals surface area (Å²) < 4.78 is 83.4. The zero-order valence-electron chi connectivity index (χ0n) is 12.9. The minimum absolute atomic E-state index is 0.307. The van der Waals surface area contributed by atoms with Crippen molar-refractivity contribution in [1.82, 2.24) is 0 Å². The third kappa shape index (κ3) is 3.35. The molecule has 2 rings (SSSR count). The van der Waals surface area contributed by atoms with Crippen molar-refractivity contribution in [3.8, 4) is 0 Å². The molecular weight excluding hydrogens is 326 g/mol. The summed E-state index contributed by atoms with van der Waals surface area (Å²) in [4.78, 5) is 11.9. The van der Waals surface area contributed by atoms with Crippen LogP contribution in [0.1, 0.15) is 33.6 Å². The first kappa shape index (κ1) is 18.1. The van der Waals surface area contributed by atoms with Crippen LogP contribution in [0.15, 0.2) is 12.2 Å². The first-order valence-electron chi connectivity index (χ1n) is 7.21. The van der Waals surface area contributed by atoms with Crippen LogP contribution >= 0.6 is 0 Å². The summed E-state index contributed by atoms with van der Waals surface area (Å²) >= 11 is 0. The summed E-state index contributed by atoms with van der Waals surface area (Å²) in [7, 11) is 0. The third-order valence-corrected chi connectivity index (χ3v) is 4.45. The van der Waals surface area contributed by atoms with Crippen LogP contribution in [0, 0.1) is 22.7 Å². The SMILES string of the molecule is CC(C)(C)C(=O)OC1CC2(C(C(F)(F)F)C(F)(F)F)C=CC1C2. The number of carbonyl (C=O) groups excluding carboxylic acids is 1. The van der Waals surface area contributed by atoms with Crippen molar-refractivity contribution in [2.24, 2.45) is 22.7 Å². The number of rotatable bonds is 2. The predicted molar refractivity (Wildman–Crippen MR) is 69.2 cm³/mol. The van der Waals surface area contributed by atoms with Crippen molar-refractivity contribution >= 4 is 5.97 Å². The second kappa shape index (κ2) is 5.14. The molecule has 0 amide bonds. The zero-order chi connectivity index (χ0) is 17.8. The maximum absolute atomic E-state index is 13.0. The molecule has 2 aliphatic carbocycles. The van der Waals surface area contributed by atoms with E-state index in [1.165, 1.54) is 6.08 Å². The van der Waals surface area contributed by atoms with Crippen molar-refractivity contribution in [3.63, 3.8) is 0 Å². The topological polar surface area (TPSA) is 26.3 Å². The highest BCUT2D eigenvalue weighted by Gasteiger charge is 2.69. The fourth-order valence-electron chi connectivity index (χ4n) is 3.44. The van der Waals surface area contributed by atoms with Crippen LogP contribution < -0.4 is 0 Å². The lowest BCUT2D eigenvalue weighted by Gasteiger charge is -2.37. The number of hydrogen-bond acceptors (Lipinski definition) is 2. The molecule has 0 saturated heterocycles. The molecule has 1 fully saturated rings. The molecule has 2 aliphatic rings. The van der Waals surface area contributed by atoms with Crippen LogP contribution in [-0.4, -0.2) is 24.4 Å². The fraction of sp³-hybridized carbons (Fsp3) is 0.800. The molecule has 0 N–H and O–H groups in total. The molecule has 0 aromatic rings. The molecule has 132 valence electrons. The van der Waals surface area contributed by atoms with Gasteiger partial charge in [0.25, 0.3) is 0 Å². The van der Waals surface area contributed by atoms with Crippen molar-refractivity contribution in [2.75, 3.05) is 0 Å². The normalized spacial score (nSPS) is 31.0. The fourth-order valence-corrected chi connectivity index (χ4v) is 3.44. The molecule has 0 aliphatic heterocycles. The van der Waals surface area contributed by atoms with Gasteiger partial charge in [0, 0.05) is 11.3 Å². The summed E-state index contributed by atoms with van der Waals surface area (Å²) in [6.45, 7) is 4.72. The van der Waals surface area contributed by atoms with Crippen LogP contribution in [-0.2, 0) is 9.53 Å². The molecule has 2 bridgehead atoms. The summed E-state index contributed by atoms with van der Waals surface area (Å²) in [6.07, 6.45) is -10.2. The van der Waals surface area contributed by atoms with Gasteiger partial charge in [-0.2, -0.15) is 26.3 Å². The zero-order valence-corrected chi connectivity index (χ0v) is 12.9. The van der Waals surface area contributed by atoms with Gasteiger partial charge in [-0.3, -0.25) is 4.79 Å². The van der Waals surface area contributed by atoms with Crippen molar-refractivity contribution in [2.45, 2.75) is 52.1 Å². The van der Waals surface area contributed by atoms with Gasteiger partial charge in [0.05, 0.1) is 5.41 Å². The van der Waals surface area contributed by atoms with Gasteiger partial charge in [0.1, 0.15) is 6.10 Å². The van der Waals surface area contributed by atoms with E-state index in [1.807, 2.05) is 0 Å². The standard InChI is InChI=1S/C15H18F6O2/c1-12(2,3)11(22)23-9-7-13(5-4-8(9)6-13)10(14(16,17)18)15(19,20)21/h4-5,8-10H,6-7H2,1-3H3. The minimum atomic E-state index is -5.40. The number of ether oxygens (including phenoxy) is 1. The number of halogens is 6. The highest BCUT2D eigenvalue weighted by Crippen LogP contribution is 2.62. The summed E-state index contributed by atoms with van der Waals surface area (Å²) in [5.41, 5.74) is -2.95. The molecule has 3 atom stereocenters. The molecule has 23 heavy (non-hydrogen) atoms. The van der Waals surface area contributed by atoms with E-state index >= 15 is 0 Å². The Morgan fingerprint density at radius 3 is 2.04 bits per heavy atom. The quantitative estimate of drug-likeness (QED) is 0.414. The number of allylic oxidation sites excluding steroid dienone is 1. The minimum Gasteiger partial charge on any atom is -0.461 e. The second-order valence-corrected chi connectivity index (χ2v) is 7.37. The van der Waals surface area contributed by atoms with E-state index in [4.69, 9.17) is 4.74 Å². The largest absolute Gasteiger partial charge is 0.461 e. The molecular formula is C15H18F6O2. The van der Waals surface area contributed by atoms with Gasteiger partial charge in [-0.15, -0.1) is 0 Å². The van der Waals surface area contributed by atoms with Crippen LogP contribution in [0.5, 0.6) is 0 Å². The first-order valence-corrected chi connectivity index (χ1v) is 7.21. The van der Waals surface area contributed by atoms with Gasteiger partial charge in [-0.25, -0.2) is 0 Å². The number of hydrogen-bond donors (Lipinski definition) is 0. The predicted octanol–water partition coefficient (Wildman–Crippen LogP) is 4.65. The van der Waals surface area contributed by atoms with Crippen molar-refractivity contribution in [1.29, 1.82) is 0 Å². The van der Waals surface area contributed by atoms with E-state index in [9.17, 15) is 31.1 Å². The third-order valence-electron chi connectivity index (χ3n) is 4.45. The second-order valence-electron chi connectivity index (χ2n) is 7.37. The van der Waals surface area contributed by atoms with E-state index in [0.717, 1.165) is 6.08 Å². The smallest absolute Gasteiger partial charge is 0.401 e. The number of fused-ring (bicyclic) bond motifs is 2. The van der Waals surface area contributed by atoms with Crippen molar-refractivity contribution < 1.29 is 35.9 Å². The van der Waals surface area contributed by atoms with Crippen LogP contribution in [0.2, 0.25) is 0 Å². The van der Waals surface area contributed by atoms with E-state index in [0.29, 0.717) is 0 Å². The first-order chi connectivity index (χ1) is 10.2. The van der Waals surface area contributed by atoms with Gasteiger partial charge < -0.3 is 4.74 Å².